The zero-order valence-electron chi connectivity index (χ0n) is 12.5. The van der Waals surface area contributed by atoms with Crippen molar-refractivity contribution in [3.8, 4) is 11.3 Å². The molecule has 0 atom stereocenters. The second-order valence-electron chi connectivity index (χ2n) is 5.11. The summed E-state index contributed by atoms with van der Waals surface area (Å²) in [6.45, 7) is 4.09. The van der Waals surface area contributed by atoms with Gasteiger partial charge in [-0.05, 0) is 18.6 Å². The highest BCUT2D eigenvalue weighted by atomic mass is 35.5. The highest BCUT2D eigenvalue weighted by molar-refractivity contribution is 7.15. The molecule has 118 valence electrons. The van der Waals surface area contributed by atoms with E-state index in [4.69, 9.17) is 11.6 Å². The van der Waals surface area contributed by atoms with Crippen molar-refractivity contribution in [1.29, 1.82) is 0 Å². The molecule has 0 aliphatic heterocycles. The average Bonchev–Trinajstić information content (AvgIpc) is 3.12. The van der Waals surface area contributed by atoms with E-state index in [0.29, 0.717) is 24.4 Å². The Morgan fingerprint density at radius 3 is 2.91 bits per heavy atom. The third-order valence-electron chi connectivity index (χ3n) is 3.48. The Kier molecular flexibility index (Phi) is 4.79. The Balaban J connectivity index is 1.76. The van der Waals surface area contributed by atoms with Crippen molar-refractivity contribution in [2.24, 2.45) is 0 Å². The number of halogens is 1. The molecule has 0 unspecified atom stereocenters. The van der Waals surface area contributed by atoms with Crippen molar-refractivity contribution < 1.29 is 4.79 Å². The van der Waals surface area contributed by atoms with E-state index >= 15 is 0 Å². The van der Waals surface area contributed by atoms with E-state index in [1.54, 1.807) is 17.4 Å². The lowest BCUT2D eigenvalue weighted by molar-refractivity contribution is -0.120. The molecule has 2 aromatic heterocycles. The fourth-order valence-electron chi connectivity index (χ4n) is 2.28. The van der Waals surface area contributed by atoms with Crippen LogP contribution < -0.4 is 5.32 Å². The Bertz CT molecular complexity index is 835. The summed E-state index contributed by atoms with van der Waals surface area (Å²) in [6, 6.07) is 7.62. The van der Waals surface area contributed by atoms with Gasteiger partial charge < -0.3 is 5.32 Å². The van der Waals surface area contributed by atoms with Gasteiger partial charge in [0.1, 0.15) is 0 Å². The molecule has 23 heavy (non-hydrogen) atoms. The molecule has 0 spiro atoms. The number of carbonyl (C=O) groups is 1. The fourth-order valence-corrected chi connectivity index (χ4v) is 3.32. The third kappa shape index (κ3) is 3.63. The molecule has 3 rings (SSSR count). The largest absolute Gasteiger partial charge is 0.353 e. The summed E-state index contributed by atoms with van der Waals surface area (Å²) >= 11 is 7.50. The monoisotopic (exact) mass is 345 g/mol. The summed E-state index contributed by atoms with van der Waals surface area (Å²) in [4.78, 5) is 17.3. The van der Waals surface area contributed by atoms with Gasteiger partial charge in [0.25, 0.3) is 0 Å². The summed E-state index contributed by atoms with van der Waals surface area (Å²) in [5.41, 5.74) is 3.03. The van der Waals surface area contributed by atoms with E-state index < -0.39 is 0 Å². The van der Waals surface area contributed by atoms with Gasteiger partial charge in [-0.25, -0.2) is 4.98 Å². The number of amides is 1. The second-order valence-corrected chi connectivity index (χ2v) is 6.38. The van der Waals surface area contributed by atoms with Gasteiger partial charge in [-0.15, -0.1) is 17.9 Å². The van der Waals surface area contributed by atoms with Crippen LogP contribution in [-0.4, -0.2) is 21.8 Å². The molecule has 3 aromatic rings. The van der Waals surface area contributed by atoms with Crippen LogP contribution in [0.3, 0.4) is 0 Å². The van der Waals surface area contributed by atoms with Gasteiger partial charge in [0, 0.05) is 40.8 Å². The topological polar surface area (TPSA) is 46.4 Å². The molecule has 0 fully saturated rings. The molecule has 2 heterocycles. The molecule has 0 bridgehead atoms. The smallest absolute Gasteiger partial charge is 0.220 e. The van der Waals surface area contributed by atoms with Crippen LogP contribution in [-0.2, 0) is 11.2 Å². The summed E-state index contributed by atoms with van der Waals surface area (Å²) < 4.78 is 2.05. The molecule has 0 saturated heterocycles. The number of nitrogens with one attached hydrogen (secondary N) is 1. The average molecular weight is 346 g/mol. The normalized spacial score (nSPS) is 10.8. The zero-order chi connectivity index (χ0) is 16.2. The predicted octanol–water partition coefficient (Wildman–Crippen LogP) is 3.95. The highest BCUT2D eigenvalue weighted by Gasteiger charge is 2.11. The summed E-state index contributed by atoms with van der Waals surface area (Å²) in [5.74, 6) is 0.0299. The van der Waals surface area contributed by atoms with E-state index in [1.165, 1.54) is 0 Å². The van der Waals surface area contributed by atoms with Crippen molar-refractivity contribution in [3.63, 3.8) is 0 Å². The number of hydrogen-bond donors (Lipinski definition) is 1. The van der Waals surface area contributed by atoms with E-state index in [-0.39, 0.29) is 5.91 Å². The van der Waals surface area contributed by atoms with E-state index in [9.17, 15) is 4.79 Å². The molecule has 0 saturated carbocycles. The quantitative estimate of drug-likeness (QED) is 0.687. The maximum atomic E-state index is 11.7. The number of hydrogen-bond acceptors (Lipinski definition) is 3. The lowest BCUT2D eigenvalue weighted by Gasteiger charge is -2.01. The second kappa shape index (κ2) is 6.98. The minimum Gasteiger partial charge on any atom is -0.353 e. The van der Waals surface area contributed by atoms with Gasteiger partial charge in [0.15, 0.2) is 4.96 Å². The van der Waals surface area contributed by atoms with Crippen molar-refractivity contribution >= 4 is 33.8 Å². The molecule has 6 heteroatoms. The first-order valence-corrected chi connectivity index (χ1v) is 8.52. The first-order valence-electron chi connectivity index (χ1n) is 7.26. The van der Waals surface area contributed by atoms with Crippen LogP contribution in [0.2, 0.25) is 5.02 Å². The van der Waals surface area contributed by atoms with Gasteiger partial charge in [-0.3, -0.25) is 9.20 Å². The Labute approximate surface area is 143 Å². The number of carbonyl (C=O) groups excluding carboxylic acids is 1. The van der Waals surface area contributed by atoms with Crippen molar-refractivity contribution in [2.45, 2.75) is 12.8 Å². The lowest BCUT2D eigenvalue weighted by Crippen LogP contribution is -2.23. The van der Waals surface area contributed by atoms with Crippen molar-refractivity contribution in [2.75, 3.05) is 6.54 Å². The van der Waals surface area contributed by atoms with E-state index in [2.05, 4.69) is 26.7 Å². The third-order valence-corrected chi connectivity index (χ3v) is 4.62. The van der Waals surface area contributed by atoms with Crippen molar-refractivity contribution in [3.05, 3.63) is 59.2 Å². The van der Waals surface area contributed by atoms with Gasteiger partial charge in [0.05, 0.1) is 5.69 Å². The summed E-state index contributed by atoms with van der Waals surface area (Å²) in [5, 5.41) is 5.55. The predicted molar refractivity (Wildman–Crippen MR) is 95.0 cm³/mol. The van der Waals surface area contributed by atoms with Gasteiger partial charge in [-0.2, -0.15) is 0 Å². The van der Waals surface area contributed by atoms with Gasteiger partial charge >= 0.3 is 0 Å². The molecule has 1 amide bonds. The van der Waals surface area contributed by atoms with Crippen molar-refractivity contribution in [1.82, 2.24) is 14.7 Å². The SMILES string of the molecule is C=CCNC(=O)CCc1csc2nc(-c3ccc(Cl)cc3)cn12. The molecular formula is C17H16ClN3OS. The van der Waals surface area contributed by atoms with E-state index in [1.807, 2.05) is 30.5 Å². The number of aryl methyl sites for hydroxylation is 1. The number of benzene rings is 1. The number of fused-ring (bicyclic) bond motifs is 1. The maximum Gasteiger partial charge on any atom is 0.220 e. The number of imidazole rings is 1. The highest BCUT2D eigenvalue weighted by Crippen LogP contribution is 2.25. The first-order chi connectivity index (χ1) is 11.2. The van der Waals surface area contributed by atoms with Crippen LogP contribution in [0.5, 0.6) is 0 Å². The minimum atomic E-state index is 0.0299. The summed E-state index contributed by atoms with van der Waals surface area (Å²) in [6.07, 6.45) is 4.81. The maximum absolute atomic E-state index is 11.7. The van der Waals surface area contributed by atoms with Crippen LogP contribution in [0.1, 0.15) is 12.1 Å². The Morgan fingerprint density at radius 2 is 2.17 bits per heavy atom. The number of thiazole rings is 1. The molecule has 4 nitrogen and oxygen atoms in total. The zero-order valence-corrected chi connectivity index (χ0v) is 14.0. The van der Waals surface area contributed by atoms with Gasteiger partial charge in [0.2, 0.25) is 5.91 Å². The van der Waals surface area contributed by atoms with Crippen LogP contribution >= 0.6 is 22.9 Å². The molecular weight excluding hydrogens is 330 g/mol. The summed E-state index contributed by atoms with van der Waals surface area (Å²) in [7, 11) is 0. The standard InChI is InChI=1S/C17H16ClN3OS/c1-2-9-19-16(22)8-7-14-11-23-17-20-15(10-21(14)17)12-3-5-13(18)6-4-12/h2-6,10-11H,1,7-9H2,(H,19,22). The number of rotatable bonds is 6. The van der Waals surface area contributed by atoms with Crippen LogP contribution in [0, 0.1) is 0 Å². The number of nitrogens with zero attached hydrogens (tertiary/aromatic N) is 2. The van der Waals surface area contributed by atoms with Crippen LogP contribution in [0.25, 0.3) is 16.2 Å². The molecule has 0 aliphatic carbocycles. The minimum absolute atomic E-state index is 0.0299. The molecule has 1 N–H and O–H groups in total. The van der Waals surface area contributed by atoms with E-state index in [0.717, 1.165) is 21.9 Å². The first kappa shape index (κ1) is 15.8. The molecule has 0 aliphatic rings. The Hall–Kier alpha value is -2.11. The number of aromatic nitrogens is 2. The van der Waals surface area contributed by atoms with Crippen LogP contribution in [0.15, 0.2) is 48.5 Å². The van der Waals surface area contributed by atoms with Crippen LogP contribution in [0.4, 0.5) is 0 Å². The Morgan fingerprint density at radius 1 is 1.39 bits per heavy atom. The fraction of sp³-hybridized carbons (Fsp3) is 0.176. The lowest BCUT2D eigenvalue weighted by atomic mass is 10.2. The molecule has 0 radical (unpaired) electrons. The van der Waals surface area contributed by atoms with Gasteiger partial charge in [-0.1, -0.05) is 29.8 Å². The molecule has 1 aromatic carbocycles.